The number of benzene rings is 1. The number of carbonyl (C=O) groups excluding carboxylic acids is 2. The van der Waals surface area contributed by atoms with E-state index in [4.69, 9.17) is 10.5 Å². The minimum atomic E-state index is -0.663. The first kappa shape index (κ1) is 23.1. The number of ether oxygens (including phenoxy) is 1. The minimum Gasteiger partial charge on any atom is -0.469 e. The van der Waals surface area contributed by atoms with Crippen molar-refractivity contribution in [2.75, 3.05) is 20.2 Å². The van der Waals surface area contributed by atoms with E-state index in [0.717, 1.165) is 25.3 Å². The summed E-state index contributed by atoms with van der Waals surface area (Å²) in [5.41, 5.74) is 7.45. The van der Waals surface area contributed by atoms with Gasteiger partial charge >= 0.3 is 5.97 Å². The Bertz CT molecular complexity index is 1190. The highest BCUT2D eigenvalue weighted by Crippen LogP contribution is 2.34. The van der Waals surface area contributed by atoms with Crippen LogP contribution in [0.2, 0.25) is 0 Å². The average molecular weight is 463 g/mol. The summed E-state index contributed by atoms with van der Waals surface area (Å²) < 4.78 is 6.37. The van der Waals surface area contributed by atoms with Crippen molar-refractivity contribution in [3.8, 4) is 11.8 Å². The van der Waals surface area contributed by atoms with Gasteiger partial charge in [0.1, 0.15) is 0 Å². The van der Waals surface area contributed by atoms with Crippen LogP contribution in [-0.4, -0.2) is 61.8 Å². The molecule has 1 amide bonds. The van der Waals surface area contributed by atoms with Crippen LogP contribution in [-0.2, 0) is 28.0 Å². The quantitative estimate of drug-likeness (QED) is 0.491. The number of piperidine rings is 1. The topological polar surface area (TPSA) is 145 Å². The Morgan fingerprint density at radius 3 is 2.44 bits per heavy atom. The molecule has 11 heteroatoms. The summed E-state index contributed by atoms with van der Waals surface area (Å²) in [7, 11) is 1.28. The molecular formula is C23H26N8O3. The Morgan fingerprint density at radius 1 is 1.18 bits per heavy atom. The molecule has 1 fully saturated rings. The molecule has 176 valence electrons. The monoisotopic (exact) mass is 462 g/mol. The van der Waals surface area contributed by atoms with E-state index in [-0.39, 0.29) is 24.1 Å². The SMILES string of the molecule is COC(=O)Cc1nn(C2(CC#N)CCN(Cc3ccc(-n4nccn4)cc3)CC2)cc1C(N)=O. The first-order valence-electron chi connectivity index (χ1n) is 10.9. The molecule has 1 aliphatic heterocycles. The van der Waals surface area contributed by atoms with Gasteiger partial charge in [0.25, 0.3) is 5.91 Å². The summed E-state index contributed by atoms with van der Waals surface area (Å²) in [6.07, 6.45) is 6.28. The lowest BCUT2D eigenvalue weighted by molar-refractivity contribution is -0.139. The molecule has 3 heterocycles. The Hall–Kier alpha value is -4.04. The Kier molecular flexibility index (Phi) is 6.70. The fraction of sp³-hybridized carbons (Fsp3) is 0.391. The molecule has 2 aromatic heterocycles. The molecule has 11 nitrogen and oxygen atoms in total. The lowest BCUT2D eigenvalue weighted by Crippen LogP contribution is -2.46. The number of nitrogens with two attached hydrogens (primary N) is 1. The van der Waals surface area contributed by atoms with Gasteiger partial charge in [-0.05, 0) is 30.5 Å². The molecule has 4 rings (SSSR count). The van der Waals surface area contributed by atoms with E-state index in [1.165, 1.54) is 12.7 Å². The van der Waals surface area contributed by atoms with Crippen LogP contribution < -0.4 is 5.73 Å². The maximum atomic E-state index is 11.9. The van der Waals surface area contributed by atoms with Crippen LogP contribution in [0.4, 0.5) is 0 Å². The number of aromatic nitrogens is 5. The molecule has 0 saturated carbocycles. The van der Waals surface area contributed by atoms with E-state index in [1.807, 2.05) is 12.1 Å². The zero-order valence-electron chi connectivity index (χ0n) is 18.9. The van der Waals surface area contributed by atoms with Gasteiger partial charge in [0.05, 0.1) is 60.9 Å². The van der Waals surface area contributed by atoms with E-state index in [2.05, 4.69) is 38.4 Å². The van der Waals surface area contributed by atoms with Gasteiger partial charge in [-0.2, -0.15) is 25.4 Å². The Balaban J connectivity index is 1.47. The lowest BCUT2D eigenvalue weighted by atomic mass is 9.84. The molecule has 0 radical (unpaired) electrons. The van der Waals surface area contributed by atoms with Gasteiger partial charge in [-0.3, -0.25) is 19.2 Å². The molecule has 3 aromatic rings. The van der Waals surface area contributed by atoms with Crippen LogP contribution in [0.1, 0.15) is 40.9 Å². The fourth-order valence-electron chi connectivity index (χ4n) is 4.30. The lowest BCUT2D eigenvalue weighted by Gasteiger charge is -2.40. The van der Waals surface area contributed by atoms with Crippen LogP contribution in [0.25, 0.3) is 5.69 Å². The first-order valence-corrected chi connectivity index (χ1v) is 10.9. The number of hydrogen-bond acceptors (Lipinski definition) is 8. The standard InChI is InChI=1S/C23H26N8O3/c1-34-21(32)14-20-19(22(25)33)16-30(28-20)23(6-9-24)7-12-29(13-8-23)15-17-2-4-18(5-3-17)31-26-10-11-27-31/h2-5,10-11,16H,6-8,12-15H2,1H3,(H2,25,33). The third-order valence-electron chi connectivity index (χ3n) is 6.27. The van der Waals surface area contributed by atoms with E-state index < -0.39 is 17.4 Å². The third kappa shape index (κ3) is 4.82. The van der Waals surface area contributed by atoms with Gasteiger partial charge in [-0.15, -0.1) is 0 Å². The number of likely N-dealkylation sites (tertiary alicyclic amines) is 1. The summed E-state index contributed by atoms with van der Waals surface area (Å²) in [5.74, 6) is -1.17. The second-order valence-corrected chi connectivity index (χ2v) is 8.37. The number of hydrogen-bond donors (Lipinski definition) is 1. The van der Waals surface area contributed by atoms with Crippen LogP contribution >= 0.6 is 0 Å². The van der Waals surface area contributed by atoms with E-state index in [0.29, 0.717) is 12.8 Å². The fourth-order valence-corrected chi connectivity index (χ4v) is 4.30. The average Bonchev–Trinajstić information content (AvgIpc) is 3.52. The van der Waals surface area contributed by atoms with E-state index >= 15 is 0 Å². The molecule has 0 spiro atoms. The van der Waals surface area contributed by atoms with Crippen molar-refractivity contribution in [3.63, 3.8) is 0 Å². The predicted octanol–water partition coefficient (Wildman–Crippen LogP) is 1.18. The number of nitriles is 1. The first-order chi connectivity index (χ1) is 16.4. The van der Waals surface area contributed by atoms with Crippen LogP contribution in [0.5, 0.6) is 0 Å². The molecule has 0 atom stereocenters. The van der Waals surface area contributed by atoms with E-state index in [9.17, 15) is 14.9 Å². The molecule has 1 saturated heterocycles. The zero-order chi connectivity index (χ0) is 24.1. The van der Waals surface area contributed by atoms with Gasteiger partial charge in [0.15, 0.2) is 0 Å². The normalized spacial score (nSPS) is 15.5. The predicted molar refractivity (Wildman–Crippen MR) is 121 cm³/mol. The number of primary amides is 1. The number of esters is 1. The van der Waals surface area contributed by atoms with Crippen molar-refractivity contribution < 1.29 is 14.3 Å². The summed E-state index contributed by atoms with van der Waals surface area (Å²) in [6.45, 7) is 2.28. The van der Waals surface area contributed by atoms with Gasteiger partial charge < -0.3 is 10.5 Å². The van der Waals surface area contributed by atoms with Gasteiger partial charge in [0, 0.05) is 25.8 Å². The minimum absolute atomic E-state index is 0.152. The molecule has 1 aliphatic rings. The van der Waals surface area contributed by atoms with E-state index in [1.54, 1.807) is 28.1 Å². The number of amides is 1. The molecule has 0 bridgehead atoms. The summed E-state index contributed by atoms with van der Waals surface area (Å²) in [6, 6.07) is 10.4. The molecule has 34 heavy (non-hydrogen) atoms. The number of carbonyl (C=O) groups is 2. The number of rotatable bonds is 8. The van der Waals surface area contributed by atoms with Crippen molar-refractivity contribution in [1.29, 1.82) is 5.26 Å². The Labute approximate surface area is 196 Å². The zero-order valence-corrected chi connectivity index (χ0v) is 18.9. The maximum absolute atomic E-state index is 11.9. The van der Waals surface area contributed by atoms with Gasteiger partial charge in [-0.1, -0.05) is 12.1 Å². The summed E-state index contributed by atoms with van der Waals surface area (Å²) in [4.78, 5) is 27.6. The second kappa shape index (κ2) is 9.84. The Morgan fingerprint density at radius 2 is 1.85 bits per heavy atom. The largest absolute Gasteiger partial charge is 0.469 e. The van der Waals surface area contributed by atoms with Crippen molar-refractivity contribution >= 4 is 11.9 Å². The van der Waals surface area contributed by atoms with Crippen LogP contribution in [0.15, 0.2) is 42.9 Å². The van der Waals surface area contributed by atoms with Gasteiger partial charge in [0.2, 0.25) is 0 Å². The van der Waals surface area contributed by atoms with Gasteiger partial charge in [-0.25, -0.2) is 0 Å². The highest BCUT2D eigenvalue weighted by Gasteiger charge is 2.38. The summed E-state index contributed by atoms with van der Waals surface area (Å²) in [5, 5.41) is 22.3. The van der Waals surface area contributed by atoms with Crippen molar-refractivity contribution in [1.82, 2.24) is 29.7 Å². The van der Waals surface area contributed by atoms with Crippen LogP contribution in [0.3, 0.4) is 0 Å². The number of methoxy groups -OCH3 is 1. The smallest absolute Gasteiger partial charge is 0.311 e. The second-order valence-electron chi connectivity index (χ2n) is 8.37. The molecule has 1 aromatic carbocycles. The highest BCUT2D eigenvalue weighted by molar-refractivity contribution is 5.94. The van der Waals surface area contributed by atoms with Crippen molar-refractivity contribution in [3.05, 3.63) is 59.7 Å². The molecular weight excluding hydrogens is 436 g/mol. The van der Waals surface area contributed by atoms with Crippen LogP contribution in [0, 0.1) is 11.3 Å². The number of nitrogens with zero attached hydrogens (tertiary/aromatic N) is 7. The molecule has 2 N–H and O–H groups in total. The van der Waals surface area contributed by atoms with Crippen molar-refractivity contribution in [2.24, 2.45) is 5.73 Å². The summed E-state index contributed by atoms with van der Waals surface area (Å²) >= 11 is 0. The molecule has 0 unspecified atom stereocenters. The maximum Gasteiger partial charge on any atom is 0.311 e. The molecule has 0 aliphatic carbocycles. The highest BCUT2D eigenvalue weighted by atomic mass is 16.5. The third-order valence-corrected chi connectivity index (χ3v) is 6.27. The van der Waals surface area contributed by atoms with Crippen molar-refractivity contribution in [2.45, 2.75) is 37.8 Å².